The topological polar surface area (TPSA) is 85.5 Å². The van der Waals surface area contributed by atoms with E-state index in [1.54, 1.807) is 0 Å². The van der Waals surface area contributed by atoms with Crippen LogP contribution in [0.1, 0.15) is 1.43 Å². The molecule has 0 aliphatic heterocycles. The zero-order valence-electron chi connectivity index (χ0n) is 4.51. The van der Waals surface area contributed by atoms with Gasteiger partial charge in [-0.05, 0) is 0 Å². The minimum atomic E-state index is 0. The summed E-state index contributed by atoms with van der Waals surface area (Å²) in [6.07, 6.45) is 0. The Bertz CT molecular complexity index is 19.2. The maximum absolute atomic E-state index is 0. The van der Waals surface area contributed by atoms with Gasteiger partial charge in [0, 0.05) is 17.4 Å². The van der Waals surface area contributed by atoms with Crippen LogP contribution in [0, 0.1) is 0 Å². The van der Waals surface area contributed by atoms with E-state index in [9.17, 15) is 0 Å². The minimum absolute atomic E-state index is 0. The smallest absolute Gasteiger partial charge is 2.00 e. The molecule has 0 saturated carbocycles. The van der Waals surface area contributed by atoms with Gasteiger partial charge in [0.15, 0.2) is 0 Å². The van der Waals surface area contributed by atoms with Crippen LogP contribution in [0.4, 0.5) is 0 Å². The second-order valence-electron chi connectivity index (χ2n) is 0. The quantitative estimate of drug-likeness (QED) is 0.377. The summed E-state index contributed by atoms with van der Waals surface area (Å²) in [6.45, 7) is 0. The Labute approximate surface area is 92.1 Å². The Balaban J connectivity index is 0. The molecule has 0 aromatic heterocycles. The number of hydrogen-bond acceptors (Lipinski definition) is 0. The van der Waals surface area contributed by atoms with Gasteiger partial charge in [0.1, 0.15) is 0 Å². The monoisotopic (exact) mass is 211 g/mol. The standard InChI is InChI=1S/Cr.Li.Mn.3O.Ti.H/q;+1;+2;3*-2;+4;-1. The molecule has 0 spiro atoms. The van der Waals surface area contributed by atoms with Gasteiger partial charge in [-0.1, -0.05) is 0 Å². The molecule has 0 saturated heterocycles. The molecule has 0 atom stereocenters. The Hall–Kier alpha value is 2.24. The van der Waals surface area contributed by atoms with Crippen LogP contribution in [-0.4, -0.2) is 0 Å². The largest absolute Gasteiger partial charge is 4.00 e. The third-order valence-electron chi connectivity index (χ3n) is 0. The molecule has 1 radical (unpaired) electrons. The Morgan fingerprint density at radius 1 is 0.857 bits per heavy atom. The summed E-state index contributed by atoms with van der Waals surface area (Å²) in [7, 11) is 0. The summed E-state index contributed by atoms with van der Waals surface area (Å²) in [5.74, 6) is 0. The fourth-order valence-corrected chi connectivity index (χ4v) is 0. The van der Waals surface area contributed by atoms with E-state index in [-0.39, 0.29) is 92.9 Å². The molecule has 0 amide bonds. The van der Waals surface area contributed by atoms with Gasteiger partial charge in [-0.3, -0.25) is 0 Å². The fourth-order valence-electron chi connectivity index (χ4n) is 0. The van der Waals surface area contributed by atoms with Gasteiger partial charge in [0.25, 0.3) is 0 Å². The molecule has 0 heterocycles. The van der Waals surface area contributed by atoms with Crippen molar-refractivity contribution in [1.82, 2.24) is 0 Å². The third kappa shape index (κ3) is 63.8. The van der Waals surface area contributed by atoms with Crippen LogP contribution in [0.15, 0.2) is 0 Å². The maximum Gasteiger partial charge on any atom is 4.00 e. The van der Waals surface area contributed by atoms with Crippen LogP contribution in [0.25, 0.3) is 0 Å². The molecule has 0 aliphatic carbocycles. The molecular formula is HCrLiMnO3Ti. The summed E-state index contributed by atoms with van der Waals surface area (Å²) in [4.78, 5) is 0. The molecule has 0 bridgehead atoms. The van der Waals surface area contributed by atoms with Gasteiger partial charge < -0.3 is 17.9 Å². The van der Waals surface area contributed by atoms with Crippen molar-refractivity contribution in [3.63, 3.8) is 0 Å². The van der Waals surface area contributed by atoms with Crippen molar-refractivity contribution in [2.24, 2.45) is 0 Å². The molecule has 0 aromatic rings. The van der Waals surface area contributed by atoms with Crippen molar-refractivity contribution >= 4 is 0 Å². The van der Waals surface area contributed by atoms with Crippen LogP contribution in [-0.2, 0) is 72.6 Å². The normalized spacial score (nSPS) is 0. The van der Waals surface area contributed by atoms with Crippen LogP contribution in [0.2, 0.25) is 0 Å². The van der Waals surface area contributed by atoms with Crippen molar-refractivity contribution in [1.29, 1.82) is 0 Å². The average Bonchev–Trinajstić information content (AvgIpc) is 0. The molecule has 0 aromatic carbocycles. The van der Waals surface area contributed by atoms with Gasteiger partial charge in [0.05, 0.1) is 0 Å². The Morgan fingerprint density at radius 3 is 0.857 bits per heavy atom. The predicted octanol–water partition coefficient (Wildman–Crippen LogP) is -3.25. The molecule has 7 heavy (non-hydrogen) atoms. The first-order valence-electron chi connectivity index (χ1n) is 0. The van der Waals surface area contributed by atoms with Crippen molar-refractivity contribution in [2.45, 2.75) is 0 Å². The molecule has 0 fully saturated rings. The number of hydrogen-bond donors (Lipinski definition) is 0. The van der Waals surface area contributed by atoms with E-state index in [1.165, 1.54) is 0 Å². The second kappa shape index (κ2) is 85.9. The van der Waals surface area contributed by atoms with E-state index < -0.39 is 0 Å². The molecule has 0 unspecified atom stereocenters. The molecule has 3 nitrogen and oxygen atoms in total. The van der Waals surface area contributed by atoms with Crippen LogP contribution in [0.5, 0.6) is 0 Å². The number of rotatable bonds is 0. The predicted molar refractivity (Wildman–Crippen MR) is 3.17 cm³/mol. The van der Waals surface area contributed by atoms with E-state index in [1.807, 2.05) is 0 Å². The third-order valence-corrected chi connectivity index (χ3v) is 0. The fraction of sp³-hybridized carbons (Fsp3) is 0. The van der Waals surface area contributed by atoms with Crippen molar-refractivity contribution in [3.8, 4) is 0 Å². The first kappa shape index (κ1) is 125. The minimum Gasteiger partial charge on any atom is -2.00 e. The SMILES string of the molecule is [Cr].[H-].[Li+].[Mn+2].[O-2].[O-2].[O-2].[Ti+4]. The van der Waals surface area contributed by atoms with Crippen molar-refractivity contribution in [2.75, 3.05) is 0 Å². The van der Waals surface area contributed by atoms with E-state index in [2.05, 4.69) is 0 Å². The summed E-state index contributed by atoms with van der Waals surface area (Å²) in [5, 5.41) is 0. The van der Waals surface area contributed by atoms with Gasteiger partial charge in [-0.2, -0.15) is 0 Å². The molecule has 0 N–H and O–H groups in total. The molecule has 7 heteroatoms. The second-order valence-corrected chi connectivity index (χ2v) is 0. The van der Waals surface area contributed by atoms with E-state index in [0.717, 1.165) is 0 Å². The first-order valence-corrected chi connectivity index (χ1v) is 0. The van der Waals surface area contributed by atoms with E-state index in [0.29, 0.717) is 0 Å². The average molecular weight is 211 g/mol. The van der Waals surface area contributed by atoms with Crippen molar-refractivity contribution in [3.05, 3.63) is 0 Å². The zero-order chi connectivity index (χ0) is 0. The van der Waals surface area contributed by atoms with Gasteiger partial charge >= 0.3 is 57.6 Å². The van der Waals surface area contributed by atoms with Crippen LogP contribution >= 0.6 is 0 Å². The van der Waals surface area contributed by atoms with Crippen LogP contribution in [0.3, 0.4) is 0 Å². The van der Waals surface area contributed by atoms with Crippen LogP contribution < -0.4 is 18.9 Å². The Kier molecular flexibility index (Phi) is 1530. The molecular weight excluding hydrogens is 210 g/mol. The molecule has 0 rings (SSSR count). The zero-order valence-corrected chi connectivity index (χ0v) is 7.53. The summed E-state index contributed by atoms with van der Waals surface area (Å²) in [5.41, 5.74) is 0. The van der Waals surface area contributed by atoms with Gasteiger partial charge in [-0.15, -0.1) is 0 Å². The Morgan fingerprint density at radius 2 is 0.857 bits per heavy atom. The maximum atomic E-state index is 0. The van der Waals surface area contributed by atoms with E-state index in [4.69, 9.17) is 0 Å². The van der Waals surface area contributed by atoms with E-state index >= 15 is 0 Å². The summed E-state index contributed by atoms with van der Waals surface area (Å²) in [6, 6.07) is 0. The summed E-state index contributed by atoms with van der Waals surface area (Å²) < 4.78 is 0. The van der Waals surface area contributed by atoms with Gasteiger partial charge in [-0.25, -0.2) is 0 Å². The first-order chi connectivity index (χ1) is 0. The van der Waals surface area contributed by atoms with Crippen molar-refractivity contribution < 1.29 is 92.9 Å². The molecule has 37 valence electrons. The molecule has 0 aliphatic rings. The summed E-state index contributed by atoms with van der Waals surface area (Å²) >= 11 is 0. The van der Waals surface area contributed by atoms with Gasteiger partial charge in [0.2, 0.25) is 0 Å².